The first kappa shape index (κ1) is 15.0. The molecule has 6 nitrogen and oxygen atoms in total. The van der Waals surface area contributed by atoms with Gasteiger partial charge in [0.1, 0.15) is 5.75 Å². The summed E-state index contributed by atoms with van der Waals surface area (Å²) >= 11 is 0. The zero-order valence-electron chi connectivity index (χ0n) is 10.9. The topological polar surface area (TPSA) is 93.4 Å². The van der Waals surface area contributed by atoms with Gasteiger partial charge in [0.15, 0.2) is 6.61 Å². The van der Waals surface area contributed by atoms with Gasteiger partial charge in [-0.25, -0.2) is 0 Å². The lowest BCUT2D eigenvalue weighted by Crippen LogP contribution is -2.24. The number of amides is 2. The highest BCUT2D eigenvalue weighted by atomic mass is 16.5. The Morgan fingerprint density at radius 3 is 2.53 bits per heavy atom. The molecule has 0 aromatic heterocycles. The molecule has 0 aliphatic carbocycles. The molecular weight excluding hydrogens is 246 g/mol. The van der Waals surface area contributed by atoms with Crippen molar-refractivity contribution in [2.45, 2.75) is 13.0 Å². The van der Waals surface area contributed by atoms with Gasteiger partial charge in [0.25, 0.3) is 5.91 Å². The fourth-order valence-corrected chi connectivity index (χ4v) is 1.42. The van der Waals surface area contributed by atoms with E-state index >= 15 is 0 Å². The minimum atomic E-state index is -0.500. The largest absolute Gasteiger partial charge is 0.484 e. The van der Waals surface area contributed by atoms with Crippen LogP contribution in [0.3, 0.4) is 0 Å². The molecule has 0 spiro atoms. The number of nitrogens with one attached hydrogen (secondary N) is 2. The van der Waals surface area contributed by atoms with E-state index < -0.39 is 5.91 Å². The molecule has 19 heavy (non-hydrogen) atoms. The van der Waals surface area contributed by atoms with E-state index in [-0.39, 0.29) is 12.5 Å². The first-order valence-electron chi connectivity index (χ1n) is 6.03. The molecule has 1 aromatic carbocycles. The molecule has 1 aromatic rings. The third-order valence-corrected chi connectivity index (χ3v) is 2.44. The van der Waals surface area contributed by atoms with Crippen molar-refractivity contribution in [2.75, 3.05) is 20.2 Å². The Kier molecular flexibility index (Phi) is 6.38. The molecule has 0 saturated carbocycles. The van der Waals surface area contributed by atoms with E-state index in [4.69, 9.17) is 10.5 Å². The summed E-state index contributed by atoms with van der Waals surface area (Å²) in [7, 11) is 1.62. The molecule has 1 rings (SSSR count). The zero-order valence-corrected chi connectivity index (χ0v) is 10.9. The van der Waals surface area contributed by atoms with E-state index in [2.05, 4.69) is 10.6 Å². The lowest BCUT2D eigenvalue weighted by Gasteiger charge is -2.06. The highest BCUT2D eigenvalue weighted by Crippen LogP contribution is 2.11. The van der Waals surface area contributed by atoms with Crippen molar-refractivity contribution in [3.8, 4) is 5.75 Å². The molecule has 0 heterocycles. The third kappa shape index (κ3) is 6.42. The average molecular weight is 265 g/mol. The van der Waals surface area contributed by atoms with Gasteiger partial charge in [-0.2, -0.15) is 0 Å². The molecule has 0 unspecified atom stereocenters. The summed E-state index contributed by atoms with van der Waals surface area (Å²) < 4.78 is 5.15. The number of benzene rings is 1. The van der Waals surface area contributed by atoms with Crippen LogP contribution in [-0.2, 0) is 16.1 Å². The molecule has 104 valence electrons. The fraction of sp³-hybridized carbons (Fsp3) is 0.385. The van der Waals surface area contributed by atoms with Crippen molar-refractivity contribution >= 4 is 11.8 Å². The minimum absolute atomic E-state index is 0.0164. The molecule has 6 heteroatoms. The number of primary amides is 1. The molecule has 0 atom stereocenters. The van der Waals surface area contributed by atoms with Gasteiger partial charge in [0, 0.05) is 26.6 Å². The predicted molar refractivity (Wildman–Crippen MR) is 71.5 cm³/mol. The van der Waals surface area contributed by atoms with Gasteiger partial charge >= 0.3 is 0 Å². The second-order valence-electron chi connectivity index (χ2n) is 4.00. The Bertz CT molecular complexity index is 418. The number of carbonyl (C=O) groups is 2. The van der Waals surface area contributed by atoms with Gasteiger partial charge in [-0.3, -0.25) is 9.59 Å². The van der Waals surface area contributed by atoms with Crippen LogP contribution < -0.4 is 21.1 Å². The van der Waals surface area contributed by atoms with Crippen LogP contribution in [-0.4, -0.2) is 32.0 Å². The summed E-state index contributed by atoms with van der Waals surface area (Å²) in [5, 5.41) is 5.72. The molecule has 2 amide bonds. The van der Waals surface area contributed by atoms with Crippen LogP contribution in [0.5, 0.6) is 5.75 Å². The smallest absolute Gasteiger partial charge is 0.255 e. The van der Waals surface area contributed by atoms with Crippen molar-refractivity contribution < 1.29 is 14.3 Å². The van der Waals surface area contributed by atoms with Crippen LogP contribution in [0, 0.1) is 0 Å². The van der Waals surface area contributed by atoms with Gasteiger partial charge < -0.3 is 21.1 Å². The molecule has 0 radical (unpaired) electrons. The van der Waals surface area contributed by atoms with Crippen molar-refractivity contribution in [3.05, 3.63) is 29.8 Å². The molecular formula is C13H19N3O3. The number of hydrogen-bond donors (Lipinski definition) is 3. The second-order valence-corrected chi connectivity index (χ2v) is 4.00. The quantitative estimate of drug-likeness (QED) is 0.566. The van der Waals surface area contributed by atoms with Crippen molar-refractivity contribution in [1.29, 1.82) is 0 Å². The maximum Gasteiger partial charge on any atom is 0.255 e. The van der Waals surface area contributed by atoms with Crippen LogP contribution in [0.4, 0.5) is 0 Å². The first-order valence-corrected chi connectivity index (χ1v) is 6.03. The monoisotopic (exact) mass is 265 g/mol. The highest BCUT2D eigenvalue weighted by molar-refractivity contribution is 5.75. The Balaban J connectivity index is 2.28. The van der Waals surface area contributed by atoms with Gasteiger partial charge in [-0.15, -0.1) is 0 Å². The molecule has 0 aliphatic rings. The van der Waals surface area contributed by atoms with E-state index in [9.17, 15) is 9.59 Å². The maximum absolute atomic E-state index is 11.0. The third-order valence-electron chi connectivity index (χ3n) is 2.44. The Hall–Kier alpha value is -2.08. The lowest BCUT2D eigenvalue weighted by atomic mass is 10.2. The zero-order chi connectivity index (χ0) is 14.1. The van der Waals surface area contributed by atoms with Crippen LogP contribution in [0.15, 0.2) is 24.3 Å². The van der Waals surface area contributed by atoms with E-state index in [1.54, 1.807) is 19.2 Å². The number of carbonyl (C=O) groups excluding carboxylic acids is 2. The van der Waals surface area contributed by atoms with Crippen molar-refractivity contribution in [1.82, 2.24) is 10.6 Å². The summed E-state index contributed by atoms with van der Waals surface area (Å²) in [5.41, 5.74) is 6.05. The summed E-state index contributed by atoms with van der Waals surface area (Å²) in [5.74, 6) is 0.121. The standard InChI is InChI=1S/C13H19N3O3/c1-15-13(18)6-7-16-8-10-2-4-11(5-3-10)19-9-12(14)17/h2-5,16H,6-9H2,1H3,(H2,14,17)(H,15,18). The van der Waals surface area contributed by atoms with Crippen molar-refractivity contribution in [3.63, 3.8) is 0 Å². The molecule has 0 aliphatic heterocycles. The average Bonchev–Trinajstić information content (AvgIpc) is 2.42. The Morgan fingerprint density at radius 2 is 1.95 bits per heavy atom. The second kappa shape index (κ2) is 8.10. The number of nitrogens with two attached hydrogens (primary N) is 1. The van der Waals surface area contributed by atoms with Gasteiger partial charge in [0.2, 0.25) is 5.91 Å². The molecule has 0 fully saturated rings. The summed E-state index contributed by atoms with van der Waals surface area (Å²) in [6.07, 6.45) is 0.455. The van der Waals surface area contributed by atoms with Crippen LogP contribution in [0.1, 0.15) is 12.0 Å². The summed E-state index contributed by atoms with van der Waals surface area (Å²) in [6.45, 7) is 1.18. The van der Waals surface area contributed by atoms with E-state index in [0.29, 0.717) is 25.3 Å². The molecule has 4 N–H and O–H groups in total. The fourth-order valence-electron chi connectivity index (χ4n) is 1.42. The van der Waals surface area contributed by atoms with Crippen molar-refractivity contribution in [2.24, 2.45) is 5.73 Å². The summed E-state index contributed by atoms with van der Waals surface area (Å²) in [6, 6.07) is 7.34. The Morgan fingerprint density at radius 1 is 1.26 bits per heavy atom. The first-order chi connectivity index (χ1) is 9.11. The van der Waals surface area contributed by atoms with E-state index in [1.165, 1.54) is 0 Å². The number of hydrogen-bond acceptors (Lipinski definition) is 4. The van der Waals surface area contributed by atoms with Crippen LogP contribution in [0.25, 0.3) is 0 Å². The lowest BCUT2D eigenvalue weighted by molar-refractivity contribution is -0.121. The van der Waals surface area contributed by atoms with Crippen LogP contribution in [0.2, 0.25) is 0 Å². The normalized spacial score (nSPS) is 9.95. The number of ether oxygens (including phenoxy) is 1. The molecule has 0 saturated heterocycles. The van der Waals surface area contributed by atoms with Gasteiger partial charge in [0.05, 0.1) is 0 Å². The number of rotatable bonds is 8. The summed E-state index contributed by atoms with van der Waals surface area (Å²) in [4.78, 5) is 21.5. The van der Waals surface area contributed by atoms with E-state index in [0.717, 1.165) is 5.56 Å². The van der Waals surface area contributed by atoms with Crippen LogP contribution >= 0.6 is 0 Å². The van der Waals surface area contributed by atoms with Gasteiger partial charge in [-0.1, -0.05) is 12.1 Å². The maximum atomic E-state index is 11.0. The Labute approximate surface area is 112 Å². The van der Waals surface area contributed by atoms with Gasteiger partial charge in [-0.05, 0) is 17.7 Å². The minimum Gasteiger partial charge on any atom is -0.484 e. The SMILES string of the molecule is CNC(=O)CCNCc1ccc(OCC(N)=O)cc1. The predicted octanol–water partition coefficient (Wildman–Crippen LogP) is -0.224. The highest BCUT2D eigenvalue weighted by Gasteiger charge is 1.99. The van der Waals surface area contributed by atoms with E-state index in [1.807, 2.05) is 12.1 Å². The molecule has 0 bridgehead atoms.